The molecule has 2 bridgehead atoms. The summed E-state index contributed by atoms with van der Waals surface area (Å²) >= 11 is 0. The van der Waals surface area contributed by atoms with Gasteiger partial charge in [-0.25, -0.2) is 4.79 Å². The monoisotopic (exact) mass is 765 g/mol. The molecule has 0 radical (unpaired) electrons. The molecule has 1 aromatic heterocycles. The second kappa shape index (κ2) is 18.8. The van der Waals surface area contributed by atoms with Crippen LogP contribution in [-0.4, -0.2) is 84.0 Å². The molecule has 298 valence electrons. The maximum Gasteiger partial charge on any atom is 0.407 e. The third kappa shape index (κ3) is 10.3. The number of aliphatic hydroxyl groups is 1. The van der Waals surface area contributed by atoms with Crippen molar-refractivity contribution in [3.8, 4) is 22.6 Å². The quantitative estimate of drug-likeness (QED) is 0.0794. The highest BCUT2D eigenvalue weighted by molar-refractivity contribution is 5.87. The molecular weight excluding hydrogens is 711 g/mol. The summed E-state index contributed by atoms with van der Waals surface area (Å²) in [4.78, 5) is 42.0. The number of piperidine rings is 3. The molecule has 1 aliphatic carbocycles. The van der Waals surface area contributed by atoms with Crippen molar-refractivity contribution in [2.45, 2.75) is 70.1 Å². The number of rotatable bonds is 16. The number of hydrogen-bond donors (Lipinski definition) is 6. The lowest BCUT2D eigenvalue weighted by atomic mass is 9.82. The van der Waals surface area contributed by atoms with Gasteiger partial charge in [0.15, 0.2) is 0 Å². The topological polar surface area (TPSA) is 165 Å². The van der Waals surface area contributed by atoms with Crippen LogP contribution < -0.4 is 26.2 Å². The number of nitrogens with zero attached hydrogens (tertiary/aromatic N) is 1. The highest BCUT2D eigenvalue weighted by atomic mass is 16.5. The molecule has 0 spiro atoms. The summed E-state index contributed by atoms with van der Waals surface area (Å²) in [6.45, 7) is 5.70. The number of ether oxygens (including phenoxy) is 2. The number of pyridine rings is 1. The summed E-state index contributed by atoms with van der Waals surface area (Å²) in [7, 11) is 0. The van der Waals surface area contributed by atoms with E-state index in [0.717, 1.165) is 93.4 Å². The third-order valence-electron chi connectivity index (χ3n) is 11.8. The zero-order valence-electron chi connectivity index (χ0n) is 32.0. The second-order valence-electron chi connectivity index (χ2n) is 15.7. The number of aromatic nitrogens is 1. The smallest absolute Gasteiger partial charge is 0.407 e. The number of phenolic OH excluding ortho intramolecular Hbond substituents is 1. The minimum Gasteiger partial charge on any atom is -0.506 e. The number of nitrogens with one attached hydrogen (secondary N) is 4. The molecule has 3 aliphatic heterocycles. The Hall–Kier alpha value is -4.91. The first-order chi connectivity index (χ1) is 27.3. The minimum absolute atomic E-state index is 0.0332. The van der Waals surface area contributed by atoms with E-state index >= 15 is 0 Å². The largest absolute Gasteiger partial charge is 0.506 e. The van der Waals surface area contributed by atoms with Crippen LogP contribution in [0.25, 0.3) is 22.0 Å². The van der Waals surface area contributed by atoms with Crippen molar-refractivity contribution < 1.29 is 29.3 Å². The molecular formula is C44H55N5O7. The Morgan fingerprint density at radius 2 is 1.68 bits per heavy atom. The van der Waals surface area contributed by atoms with Gasteiger partial charge in [0, 0.05) is 43.0 Å². The van der Waals surface area contributed by atoms with E-state index in [0.29, 0.717) is 54.5 Å². The van der Waals surface area contributed by atoms with E-state index in [-0.39, 0.29) is 41.9 Å². The fourth-order valence-corrected chi connectivity index (χ4v) is 8.46. The number of hydrogen-bond acceptors (Lipinski definition) is 9. The van der Waals surface area contributed by atoms with Crippen LogP contribution in [0.15, 0.2) is 77.6 Å². The molecule has 3 saturated heterocycles. The second-order valence-corrected chi connectivity index (χ2v) is 15.7. The van der Waals surface area contributed by atoms with Crippen LogP contribution in [0.1, 0.15) is 68.6 Å². The van der Waals surface area contributed by atoms with Gasteiger partial charge in [-0.1, -0.05) is 42.5 Å². The Bertz CT molecular complexity index is 1990. The van der Waals surface area contributed by atoms with Gasteiger partial charge < -0.3 is 45.5 Å². The molecule has 4 fully saturated rings. The number of aromatic hydroxyl groups is 1. The lowest BCUT2D eigenvalue weighted by Gasteiger charge is -2.44. The van der Waals surface area contributed by atoms with E-state index in [1.54, 1.807) is 12.1 Å². The highest BCUT2D eigenvalue weighted by Crippen LogP contribution is 2.32. The summed E-state index contributed by atoms with van der Waals surface area (Å²) in [6.07, 6.45) is 6.46. The van der Waals surface area contributed by atoms with Crippen molar-refractivity contribution in [2.75, 3.05) is 45.9 Å². The van der Waals surface area contributed by atoms with E-state index in [1.165, 1.54) is 12.1 Å². The van der Waals surface area contributed by atoms with Gasteiger partial charge >= 0.3 is 6.09 Å². The third-order valence-corrected chi connectivity index (χ3v) is 11.8. The molecule has 0 unspecified atom stereocenters. The number of alkyl carbamates (subject to hydrolysis) is 1. The van der Waals surface area contributed by atoms with Gasteiger partial charge in [0.2, 0.25) is 11.5 Å². The van der Waals surface area contributed by atoms with Gasteiger partial charge in [-0.15, -0.1) is 0 Å². The van der Waals surface area contributed by atoms with Crippen LogP contribution in [0.5, 0.6) is 11.5 Å². The maximum atomic E-state index is 12.9. The van der Waals surface area contributed by atoms with Crippen LogP contribution in [0.4, 0.5) is 4.79 Å². The predicted octanol–water partition coefficient (Wildman–Crippen LogP) is 5.63. The first-order valence-corrected chi connectivity index (χ1v) is 20.3. The number of carbonyl (C=O) groups excluding carboxylic acids is 2. The average Bonchev–Trinajstić information content (AvgIpc) is 3.23. The number of carbonyl (C=O) groups is 2. The van der Waals surface area contributed by atoms with Crippen molar-refractivity contribution in [3.05, 3.63) is 94.3 Å². The Labute approximate surface area is 328 Å². The first kappa shape index (κ1) is 39.3. The lowest BCUT2D eigenvalue weighted by molar-refractivity contribution is -0.126. The normalized spacial score (nSPS) is 22.3. The van der Waals surface area contributed by atoms with Crippen LogP contribution >= 0.6 is 0 Å². The maximum absolute atomic E-state index is 12.9. The SMILES string of the molecule is O=C(N[C@H]1CN2CCC1CC2)OCc1ccc(-c2cccc(OCC3CCC(C(=O)NCCCCNC[C@H](O)c4ccc(O)c5[nH]c(=O)ccc45)CC3)c2)cc1. The van der Waals surface area contributed by atoms with Gasteiger partial charge in [-0.05, 0) is 129 Å². The number of fused-ring (bicyclic) bond motifs is 4. The Kier molecular flexibility index (Phi) is 13.2. The summed E-state index contributed by atoms with van der Waals surface area (Å²) in [5.41, 5.74) is 3.71. The summed E-state index contributed by atoms with van der Waals surface area (Å²) in [5.74, 6) is 1.93. The summed E-state index contributed by atoms with van der Waals surface area (Å²) < 4.78 is 11.8. The minimum atomic E-state index is -0.799. The zero-order valence-corrected chi connectivity index (χ0v) is 32.0. The molecule has 4 aliphatic rings. The van der Waals surface area contributed by atoms with Crippen molar-refractivity contribution in [3.63, 3.8) is 0 Å². The summed E-state index contributed by atoms with van der Waals surface area (Å²) in [6, 6.07) is 22.5. The fourth-order valence-electron chi connectivity index (χ4n) is 8.46. The molecule has 1 saturated carbocycles. The van der Waals surface area contributed by atoms with E-state index in [4.69, 9.17) is 9.47 Å². The number of amides is 2. The van der Waals surface area contributed by atoms with Crippen LogP contribution in [0, 0.1) is 17.8 Å². The van der Waals surface area contributed by atoms with Crippen molar-refractivity contribution in [1.82, 2.24) is 25.8 Å². The van der Waals surface area contributed by atoms with Crippen LogP contribution in [0.3, 0.4) is 0 Å². The van der Waals surface area contributed by atoms with Crippen molar-refractivity contribution in [1.29, 1.82) is 0 Å². The lowest BCUT2D eigenvalue weighted by Crippen LogP contribution is -2.57. The van der Waals surface area contributed by atoms with Gasteiger partial charge in [-0.2, -0.15) is 0 Å². The highest BCUT2D eigenvalue weighted by Gasteiger charge is 2.35. The number of H-pyrrole nitrogens is 1. The number of aromatic amines is 1. The number of phenols is 1. The Morgan fingerprint density at radius 3 is 2.45 bits per heavy atom. The van der Waals surface area contributed by atoms with E-state index in [2.05, 4.69) is 38.0 Å². The average molecular weight is 766 g/mol. The predicted molar refractivity (Wildman–Crippen MR) is 215 cm³/mol. The van der Waals surface area contributed by atoms with Crippen LogP contribution in [-0.2, 0) is 16.1 Å². The van der Waals surface area contributed by atoms with Crippen molar-refractivity contribution >= 4 is 22.9 Å². The van der Waals surface area contributed by atoms with Gasteiger partial charge in [0.25, 0.3) is 0 Å². The number of aliphatic hydroxyl groups excluding tert-OH is 1. The van der Waals surface area contributed by atoms with E-state index < -0.39 is 6.10 Å². The van der Waals surface area contributed by atoms with E-state index in [1.807, 2.05) is 36.4 Å². The number of benzene rings is 3. The Balaban J connectivity index is 0.752. The molecule has 4 heterocycles. The van der Waals surface area contributed by atoms with Gasteiger partial charge in [-0.3, -0.25) is 9.59 Å². The first-order valence-electron chi connectivity index (χ1n) is 20.3. The number of unbranched alkanes of at least 4 members (excludes halogenated alkanes) is 1. The van der Waals surface area contributed by atoms with E-state index in [9.17, 15) is 24.6 Å². The molecule has 4 aromatic rings. The molecule has 8 rings (SSSR count). The van der Waals surface area contributed by atoms with Gasteiger partial charge in [0.05, 0.1) is 18.2 Å². The Morgan fingerprint density at radius 1 is 0.893 bits per heavy atom. The zero-order chi connectivity index (χ0) is 38.9. The molecule has 2 atom stereocenters. The summed E-state index contributed by atoms with van der Waals surface area (Å²) in [5, 5.41) is 30.9. The van der Waals surface area contributed by atoms with Crippen LogP contribution in [0.2, 0.25) is 0 Å². The fraction of sp³-hybridized carbons (Fsp3) is 0.477. The molecule has 3 aromatic carbocycles. The van der Waals surface area contributed by atoms with Crippen molar-refractivity contribution in [2.24, 2.45) is 17.8 Å². The molecule has 12 nitrogen and oxygen atoms in total. The molecule has 2 amide bonds. The molecule has 56 heavy (non-hydrogen) atoms. The standard InChI is InChI=1S/C44H55N5O7/c50-39-16-14-36(37-15-17-41(52)48-42(37)39)40(51)25-45-20-1-2-21-46-43(53)33-12-8-29(9-13-33)27-55-35-5-3-4-34(24-35)31-10-6-30(7-11-31)28-56-44(54)47-38-26-49-22-18-32(38)19-23-49/h3-7,10-11,14-17,24,29,32-33,38,40,45,50-51H,1-2,8-9,12-13,18-23,25-28H2,(H,46,53)(H,47,54)(H,48,52)/t29?,33?,38-,40-/m0/s1. The molecule has 6 N–H and O–H groups in total. The van der Waals surface area contributed by atoms with Gasteiger partial charge in [0.1, 0.15) is 18.1 Å². The molecule has 12 heteroatoms.